The number of nitrogens with one attached hydrogen (secondary N) is 2. The van der Waals surface area contributed by atoms with E-state index < -0.39 is 0 Å². The van der Waals surface area contributed by atoms with Crippen LogP contribution in [0.15, 0.2) is 24.4 Å². The van der Waals surface area contributed by atoms with Gasteiger partial charge in [-0.3, -0.25) is 9.89 Å². The molecule has 3 rings (SSSR count). The molecule has 1 fully saturated rings. The zero-order valence-electron chi connectivity index (χ0n) is 11.5. The number of benzene rings is 1. The lowest BCUT2D eigenvalue weighted by Crippen LogP contribution is -2.44. The molecule has 0 saturated heterocycles. The highest BCUT2D eigenvalue weighted by atomic mass is 16.3. The van der Waals surface area contributed by atoms with Crippen molar-refractivity contribution in [2.45, 2.75) is 32.2 Å². The summed E-state index contributed by atoms with van der Waals surface area (Å²) < 4.78 is 0. The molecule has 2 atom stereocenters. The lowest BCUT2D eigenvalue weighted by atomic mass is 9.85. The van der Waals surface area contributed by atoms with Crippen molar-refractivity contribution in [3.8, 4) is 0 Å². The predicted molar refractivity (Wildman–Crippen MR) is 76.4 cm³/mol. The van der Waals surface area contributed by atoms with Gasteiger partial charge in [-0.15, -0.1) is 0 Å². The van der Waals surface area contributed by atoms with Crippen LogP contribution in [0.2, 0.25) is 0 Å². The van der Waals surface area contributed by atoms with Gasteiger partial charge in [0.15, 0.2) is 0 Å². The number of nitrogens with zero attached hydrogens (tertiary/aromatic N) is 1. The standard InChI is InChI=1S/C15H19N3O2/c1-15(9-19)7-3-6-12(15)17-14(20)11-5-2-4-10-8-16-18-13(10)11/h2,4-5,8,12,19H,3,6-7,9H2,1H3,(H,16,18)(H,17,20). The maximum Gasteiger partial charge on any atom is 0.253 e. The quantitative estimate of drug-likeness (QED) is 0.798. The van der Waals surface area contributed by atoms with Crippen molar-refractivity contribution < 1.29 is 9.90 Å². The fraction of sp³-hybridized carbons (Fsp3) is 0.467. The van der Waals surface area contributed by atoms with E-state index in [1.54, 1.807) is 12.3 Å². The van der Waals surface area contributed by atoms with E-state index in [4.69, 9.17) is 0 Å². The van der Waals surface area contributed by atoms with Crippen molar-refractivity contribution in [3.05, 3.63) is 30.0 Å². The van der Waals surface area contributed by atoms with Gasteiger partial charge in [-0.05, 0) is 18.9 Å². The van der Waals surface area contributed by atoms with Gasteiger partial charge < -0.3 is 10.4 Å². The summed E-state index contributed by atoms with van der Waals surface area (Å²) >= 11 is 0. The number of rotatable bonds is 3. The molecular weight excluding hydrogens is 254 g/mol. The predicted octanol–water partition coefficient (Wildman–Crippen LogP) is 1.84. The largest absolute Gasteiger partial charge is 0.396 e. The number of aromatic nitrogens is 2. The van der Waals surface area contributed by atoms with E-state index in [1.165, 1.54) is 0 Å². The highest BCUT2D eigenvalue weighted by molar-refractivity contribution is 6.05. The molecule has 5 heteroatoms. The second-order valence-corrected chi connectivity index (χ2v) is 5.87. The summed E-state index contributed by atoms with van der Waals surface area (Å²) in [6, 6.07) is 5.59. The molecule has 0 radical (unpaired) electrons. The van der Waals surface area contributed by atoms with Crippen LogP contribution in [-0.2, 0) is 0 Å². The number of fused-ring (bicyclic) bond motifs is 1. The molecule has 1 saturated carbocycles. The topological polar surface area (TPSA) is 78.0 Å². The molecule has 1 aromatic heterocycles. The number of carbonyl (C=O) groups is 1. The molecule has 1 aliphatic rings. The lowest BCUT2D eigenvalue weighted by Gasteiger charge is -2.30. The van der Waals surface area contributed by atoms with Gasteiger partial charge in [0.25, 0.3) is 5.91 Å². The van der Waals surface area contributed by atoms with Crippen LogP contribution in [-0.4, -0.2) is 33.9 Å². The Morgan fingerprint density at radius 3 is 3.25 bits per heavy atom. The summed E-state index contributed by atoms with van der Waals surface area (Å²) in [6.07, 6.45) is 4.61. The number of H-pyrrole nitrogens is 1. The normalized spacial score (nSPS) is 26.0. The summed E-state index contributed by atoms with van der Waals surface area (Å²) in [6.45, 7) is 2.13. The summed E-state index contributed by atoms with van der Waals surface area (Å²) in [5.41, 5.74) is 1.15. The number of amides is 1. The van der Waals surface area contributed by atoms with Crippen LogP contribution in [0, 0.1) is 5.41 Å². The van der Waals surface area contributed by atoms with Gasteiger partial charge in [-0.1, -0.05) is 25.5 Å². The van der Waals surface area contributed by atoms with Crippen molar-refractivity contribution in [3.63, 3.8) is 0 Å². The van der Waals surface area contributed by atoms with Gasteiger partial charge in [0.05, 0.1) is 23.9 Å². The van der Waals surface area contributed by atoms with Crippen LogP contribution in [0.25, 0.3) is 10.9 Å². The Labute approximate surface area is 117 Å². The average Bonchev–Trinajstić information content (AvgIpc) is 3.06. The average molecular weight is 273 g/mol. The summed E-state index contributed by atoms with van der Waals surface area (Å²) in [5, 5.41) is 20.4. The maximum absolute atomic E-state index is 12.5. The molecule has 1 aromatic carbocycles. The van der Waals surface area contributed by atoms with Crippen LogP contribution in [0.5, 0.6) is 0 Å². The first-order valence-electron chi connectivity index (χ1n) is 6.98. The Balaban J connectivity index is 1.85. The van der Waals surface area contributed by atoms with E-state index >= 15 is 0 Å². The van der Waals surface area contributed by atoms with E-state index in [-0.39, 0.29) is 24.0 Å². The van der Waals surface area contributed by atoms with Crippen molar-refractivity contribution in [1.29, 1.82) is 0 Å². The minimum atomic E-state index is -0.211. The fourth-order valence-electron chi connectivity index (χ4n) is 3.06. The van der Waals surface area contributed by atoms with E-state index in [1.807, 2.05) is 19.1 Å². The molecule has 0 aliphatic heterocycles. The number of hydrogen-bond donors (Lipinski definition) is 3. The van der Waals surface area contributed by atoms with Crippen LogP contribution >= 0.6 is 0 Å². The van der Waals surface area contributed by atoms with Gasteiger partial charge in [0, 0.05) is 16.8 Å². The Kier molecular flexibility index (Phi) is 3.22. The molecular formula is C15H19N3O2. The summed E-state index contributed by atoms with van der Waals surface area (Å²) in [7, 11) is 0. The molecule has 106 valence electrons. The Hall–Kier alpha value is -1.88. The second kappa shape index (κ2) is 4.90. The molecule has 1 aliphatic carbocycles. The lowest BCUT2D eigenvalue weighted by molar-refractivity contribution is 0.0832. The molecule has 1 amide bonds. The third-order valence-corrected chi connectivity index (χ3v) is 4.47. The first kappa shape index (κ1) is 13.1. The zero-order valence-corrected chi connectivity index (χ0v) is 11.5. The number of para-hydroxylation sites is 1. The van der Waals surface area contributed by atoms with E-state index in [0.717, 1.165) is 30.2 Å². The van der Waals surface area contributed by atoms with Crippen molar-refractivity contribution >= 4 is 16.8 Å². The Bertz CT molecular complexity index is 637. The highest BCUT2D eigenvalue weighted by Gasteiger charge is 2.39. The second-order valence-electron chi connectivity index (χ2n) is 5.87. The third-order valence-electron chi connectivity index (χ3n) is 4.47. The van der Waals surface area contributed by atoms with E-state index in [2.05, 4.69) is 15.5 Å². The minimum absolute atomic E-state index is 0.0261. The molecule has 0 bridgehead atoms. The monoisotopic (exact) mass is 273 g/mol. The number of aliphatic hydroxyl groups excluding tert-OH is 1. The SMILES string of the molecule is CC1(CO)CCCC1NC(=O)c1cccc2cn[nH]c12. The first-order chi connectivity index (χ1) is 9.64. The molecule has 2 aromatic rings. The number of aromatic amines is 1. The van der Waals surface area contributed by atoms with Gasteiger partial charge in [0.1, 0.15) is 0 Å². The number of aliphatic hydroxyl groups is 1. The first-order valence-corrected chi connectivity index (χ1v) is 6.98. The van der Waals surface area contributed by atoms with E-state index in [9.17, 15) is 9.90 Å². The van der Waals surface area contributed by atoms with Crippen molar-refractivity contribution in [1.82, 2.24) is 15.5 Å². The fourth-order valence-corrected chi connectivity index (χ4v) is 3.06. The number of carbonyl (C=O) groups excluding carboxylic acids is 1. The Morgan fingerprint density at radius 1 is 1.60 bits per heavy atom. The van der Waals surface area contributed by atoms with Gasteiger partial charge >= 0.3 is 0 Å². The minimum Gasteiger partial charge on any atom is -0.396 e. The smallest absolute Gasteiger partial charge is 0.253 e. The molecule has 0 spiro atoms. The summed E-state index contributed by atoms with van der Waals surface area (Å²) in [5.74, 6) is -0.105. The molecule has 20 heavy (non-hydrogen) atoms. The van der Waals surface area contributed by atoms with Crippen molar-refractivity contribution in [2.75, 3.05) is 6.61 Å². The Morgan fingerprint density at radius 2 is 2.45 bits per heavy atom. The summed E-state index contributed by atoms with van der Waals surface area (Å²) in [4.78, 5) is 12.5. The van der Waals surface area contributed by atoms with Crippen LogP contribution < -0.4 is 5.32 Å². The van der Waals surface area contributed by atoms with Crippen LogP contribution in [0.3, 0.4) is 0 Å². The highest BCUT2D eigenvalue weighted by Crippen LogP contribution is 2.37. The third kappa shape index (κ3) is 2.08. The van der Waals surface area contributed by atoms with Gasteiger partial charge in [0.2, 0.25) is 0 Å². The molecule has 2 unspecified atom stereocenters. The van der Waals surface area contributed by atoms with Crippen LogP contribution in [0.4, 0.5) is 0 Å². The van der Waals surface area contributed by atoms with Gasteiger partial charge in [-0.25, -0.2) is 0 Å². The van der Waals surface area contributed by atoms with Crippen molar-refractivity contribution in [2.24, 2.45) is 5.41 Å². The maximum atomic E-state index is 12.5. The van der Waals surface area contributed by atoms with Crippen LogP contribution in [0.1, 0.15) is 36.5 Å². The molecule has 3 N–H and O–H groups in total. The molecule has 1 heterocycles. The zero-order chi connectivity index (χ0) is 14.2. The number of hydrogen-bond acceptors (Lipinski definition) is 3. The van der Waals surface area contributed by atoms with E-state index in [0.29, 0.717) is 5.56 Å². The van der Waals surface area contributed by atoms with Gasteiger partial charge in [-0.2, -0.15) is 5.10 Å². The molecule has 5 nitrogen and oxygen atoms in total.